The molecule has 1 aromatic carbocycles. The van der Waals surface area contributed by atoms with Gasteiger partial charge in [0, 0.05) is 38.0 Å². The zero-order valence-electron chi connectivity index (χ0n) is 23.7. The summed E-state index contributed by atoms with van der Waals surface area (Å²) >= 11 is 0. The van der Waals surface area contributed by atoms with Crippen molar-refractivity contribution in [3.63, 3.8) is 0 Å². The summed E-state index contributed by atoms with van der Waals surface area (Å²) in [6.45, 7) is 2.91. The molecule has 1 aliphatic carbocycles. The van der Waals surface area contributed by atoms with Crippen LogP contribution in [0.15, 0.2) is 77.1 Å². The van der Waals surface area contributed by atoms with Gasteiger partial charge in [-0.05, 0) is 49.7 Å². The number of nitrogens with one attached hydrogen (secondary N) is 1. The minimum Gasteiger partial charge on any atom is -0.330 e. The summed E-state index contributed by atoms with van der Waals surface area (Å²) in [4.78, 5) is 29.6. The van der Waals surface area contributed by atoms with Crippen molar-refractivity contribution in [2.45, 2.75) is 48.8 Å². The van der Waals surface area contributed by atoms with Gasteiger partial charge in [-0.15, -0.1) is 5.10 Å². The molecule has 6 rings (SSSR count). The van der Waals surface area contributed by atoms with Crippen LogP contribution in [0.4, 0.5) is 13.2 Å². The molecule has 15 heteroatoms. The molecule has 2 aromatic rings. The van der Waals surface area contributed by atoms with E-state index in [0.717, 1.165) is 61.4 Å². The van der Waals surface area contributed by atoms with Crippen LogP contribution in [0.25, 0.3) is 5.70 Å². The van der Waals surface area contributed by atoms with E-state index >= 15 is 0 Å². The predicted molar refractivity (Wildman–Crippen MR) is 153 cm³/mol. The van der Waals surface area contributed by atoms with Crippen LogP contribution in [0.5, 0.6) is 0 Å². The van der Waals surface area contributed by atoms with Gasteiger partial charge >= 0.3 is 6.18 Å². The molecule has 2 unspecified atom stereocenters. The maximum Gasteiger partial charge on any atom is 0.416 e. The summed E-state index contributed by atoms with van der Waals surface area (Å²) in [5.74, 6) is -0.966. The first-order valence-electron chi connectivity index (χ1n) is 14.2. The number of fused-ring (bicyclic) bond motifs is 1. The molecule has 3 aliphatic heterocycles. The Morgan fingerprint density at radius 1 is 1.09 bits per heavy atom. The summed E-state index contributed by atoms with van der Waals surface area (Å²) in [6, 6.07) is 1.67. The van der Waals surface area contributed by atoms with Crippen molar-refractivity contribution in [3.05, 3.63) is 83.5 Å². The molecule has 1 N–H and O–H groups in total. The number of sulfonamides is 1. The lowest BCUT2D eigenvalue weighted by atomic mass is 9.97. The van der Waals surface area contributed by atoms with Crippen LogP contribution in [0.1, 0.15) is 30.5 Å². The summed E-state index contributed by atoms with van der Waals surface area (Å²) in [5, 5.41) is 10.7. The molecular weight excluding hydrogens is 599 g/mol. The molecule has 0 bridgehead atoms. The van der Waals surface area contributed by atoms with Crippen molar-refractivity contribution in [2.75, 3.05) is 26.7 Å². The largest absolute Gasteiger partial charge is 0.416 e. The van der Waals surface area contributed by atoms with E-state index in [-0.39, 0.29) is 24.1 Å². The Kier molecular flexibility index (Phi) is 7.70. The minimum absolute atomic E-state index is 0.206. The topological polar surface area (TPSA) is 121 Å². The lowest BCUT2D eigenvalue weighted by molar-refractivity contribution is -0.137. The molecule has 0 saturated carbocycles. The SMILES string of the molecule is CN1C(=O)C(n2cc(CC3C(=O)NC=CN3S(=O)(=O)c3cccc(C(F)(F)F)c3)nn2)=C2C=CC(CN3CCCCC3)=CC21. The number of aromatic nitrogens is 3. The van der Waals surface area contributed by atoms with Crippen LogP contribution in [-0.2, 0) is 32.2 Å². The molecule has 2 atom stereocenters. The van der Waals surface area contributed by atoms with Crippen molar-refractivity contribution >= 4 is 27.5 Å². The third-order valence-corrected chi connectivity index (χ3v) is 9.98. The van der Waals surface area contributed by atoms with E-state index in [9.17, 15) is 31.2 Å². The quantitative estimate of drug-likeness (QED) is 0.500. The number of halogens is 3. The van der Waals surface area contributed by atoms with Crippen LogP contribution in [0.3, 0.4) is 0 Å². The zero-order valence-corrected chi connectivity index (χ0v) is 24.6. The van der Waals surface area contributed by atoms with Gasteiger partial charge in [-0.2, -0.15) is 13.2 Å². The van der Waals surface area contributed by atoms with Gasteiger partial charge in [0.15, 0.2) is 0 Å². The first-order valence-corrected chi connectivity index (χ1v) is 15.6. The fraction of sp³-hybridized carbons (Fsp3) is 0.379. The average Bonchev–Trinajstić information content (AvgIpc) is 3.55. The van der Waals surface area contributed by atoms with Crippen molar-refractivity contribution in [2.24, 2.45) is 0 Å². The molecule has 0 radical (unpaired) electrons. The third kappa shape index (κ3) is 5.56. The van der Waals surface area contributed by atoms with E-state index in [4.69, 9.17) is 0 Å². The highest BCUT2D eigenvalue weighted by molar-refractivity contribution is 7.89. The smallest absolute Gasteiger partial charge is 0.330 e. The fourth-order valence-electron chi connectivity index (χ4n) is 5.90. The van der Waals surface area contributed by atoms with Gasteiger partial charge in [0.2, 0.25) is 5.91 Å². The third-order valence-electron chi connectivity index (χ3n) is 8.20. The molecule has 4 heterocycles. The number of alkyl halides is 3. The molecule has 1 aromatic heterocycles. The van der Waals surface area contributed by atoms with Crippen LogP contribution < -0.4 is 5.32 Å². The van der Waals surface area contributed by atoms with Gasteiger partial charge in [0.1, 0.15) is 11.7 Å². The molecule has 0 spiro atoms. The van der Waals surface area contributed by atoms with Crippen LogP contribution >= 0.6 is 0 Å². The number of amides is 2. The second kappa shape index (κ2) is 11.4. The summed E-state index contributed by atoms with van der Waals surface area (Å²) in [6.07, 6.45) is 8.21. The number of nitrogens with zero attached hydrogens (tertiary/aromatic N) is 6. The predicted octanol–water partition coefficient (Wildman–Crippen LogP) is 2.53. The molecule has 11 nitrogen and oxygen atoms in total. The van der Waals surface area contributed by atoms with Gasteiger partial charge in [0.25, 0.3) is 15.9 Å². The number of carbonyl (C=O) groups excluding carboxylic acids is 2. The van der Waals surface area contributed by atoms with Crippen LogP contribution in [-0.4, -0.2) is 88.1 Å². The minimum atomic E-state index is -4.75. The van der Waals surface area contributed by atoms with E-state index in [0.29, 0.717) is 16.1 Å². The highest BCUT2D eigenvalue weighted by atomic mass is 32.2. The lowest BCUT2D eigenvalue weighted by Crippen LogP contribution is -2.50. The Morgan fingerprint density at radius 2 is 1.86 bits per heavy atom. The summed E-state index contributed by atoms with van der Waals surface area (Å²) in [5.41, 5.74) is 1.23. The number of likely N-dealkylation sites (tertiary alicyclic amines) is 1. The normalized spacial score (nSPS) is 22.9. The Balaban J connectivity index is 1.24. The van der Waals surface area contributed by atoms with Gasteiger partial charge in [0.05, 0.1) is 28.4 Å². The highest BCUT2D eigenvalue weighted by Gasteiger charge is 2.40. The summed E-state index contributed by atoms with van der Waals surface area (Å²) < 4.78 is 68.7. The Labute approximate surface area is 252 Å². The van der Waals surface area contributed by atoms with Crippen molar-refractivity contribution in [1.82, 2.24) is 34.4 Å². The maximum atomic E-state index is 13.4. The Bertz CT molecular complexity index is 1720. The number of benzene rings is 1. The van der Waals surface area contributed by atoms with Crippen molar-refractivity contribution < 1.29 is 31.2 Å². The fourth-order valence-corrected chi connectivity index (χ4v) is 7.40. The standard InChI is InChI=1S/C29H30F3N7O4S/c1-36-24-14-19(17-37-11-3-2-4-12-37)8-9-23(24)26(28(36)41)38-18-21(34-35-38)16-25-27(40)33-10-13-39(25)44(42,43)22-7-5-6-20(15-22)29(30,31)32/h5-10,13-15,18,24-25H,2-4,11-12,16-17H2,1H3,(H,33,40). The second-order valence-electron chi connectivity index (χ2n) is 11.1. The van der Waals surface area contributed by atoms with E-state index < -0.39 is 38.6 Å². The molecule has 4 aliphatic rings. The zero-order chi connectivity index (χ0) is 31.2. The molecule has 1 fully saturated rings. The number of likely N-dealkylation sites (N-methyl/N-ethyl adjacent to an activating group) is 1. The van der Waals surface area contributed by atoms with Crippen LogP contribution in [0, 0.1) is 0 Å². The van der Waals surface area contributed by atoms with Gasteiger partial charge < -0.3 is 10.2 Å². The highest BCUT2D eigenvalue weighted by Crippen LogP contribution is 2.34. The maximum absolute atomic E-state index is 13.4. The van der Waals surface area contributed by atoms with Gasteiger partial charge in [-0.25, -0.2) is 13.1 Å². The van der Waals surface area contributed by atoms with Crippen molar-refractivity contribution in [3.8, 4) is 0 Å². The Morgan fingerprint density at radius 3 is 2.61 bits per heavy atom. The van der Waals surface area contributed by atoms with Gasteiger partial charge in [-0.3, -0.25) is 18.8 Å². The Hall–Kier alpha value is -4.24. The number of hydrogen-bond donors (Lipinski definition) is 1. The lowest BCUT2D eigenvalue weighted by Gasteiger charge is -2.31. The molecule has 1 saturated heterocycles. The second-order valence-corrected chi connectivity index (χ2v) is 13.0. The van der Waals surface area contributed by atoms with E-state index in [1.165, 1.54) is 30.1 Å². The van der Waals surface area contributed by atoms with E-state index in [1.54, 1.807) is 11.9 Å². The molecule has 44 heavy (non-hydrogen) atoms. The van der Waals surface area contributed by atoms with Crippen molar-refractivity contribution in [1.29, 1.82) is 0 Å². The number of rotatable bonds is 7. The van der Waals surface area contributed by atoms with Gasteiger partial charge in [-0.1, -0.05) is 35.9 Å². The molecular formula is C29H30F3N7O4S. The number of hydrogen-bond acceptors (Lipinski definition) is 7. The van der Waals surface area contributed by atoms with E-state index in [1.807, 2.05) is 12.2 Å². The first kappa shape index (κ1) is 29.8. The van der Waals surface area contributed by atoms with E-state index in [2.05, 4.69) is 26.6 Å². The monoisotopic (exact) mass is 629 g/mol. The molecule has 232 valence electrons. The average molecular weight is 630 g/mol. The molecule has 2 amide bonds. The number of piperidine rings is 1. The van der Waals surface area contributed by atoms with Crippen LogP contribution in [0.2, 0.25) is 0 Å². The summed E-state index contributed by atoms with van der Waals surface area (Å²) in [7, 11) is -2.85. The first-order chi connectivity index (χ1) is 20.9. The number of carbonyl (C=O) groups is 2.